The second kappa shape index (κ2) is 6.81. The molecule has 2 amide bonds. The molecule has 2 aromatic rings. The van der Waals surface area contributed by atoms with Crippen LogP contribution in [0.25, 0.3) is 6.08 Å². The Balaban J connectivity index is 1.84. The minimum atomic E-state index is -0.389. The zero-order valence-electron chi connectivity index (χ0n) is 14.6. The van der Waals surface area contributed by atoms with Crippen molar-refractivity contribution in [2.45, 2.75) is 13.8 Å². The number of hydrogen-bond acceptors (Lipinski definition) is 3. The summed E-state index contributed by atoms with van der Waals surface area (Å²) in [5, 5.41) is 1.28. The number of nitrogens with one attached hydrogen (secondary N) is 1. The van der Waals surface area contributed by atoms with Crippen LogP contribution in [0.4, 0.5) is 11.4 Å². The normalized spacial score (nSPS) is 15.6. The fourth-order valence-corrected chi connectivity index (χ4v) is 2.61. The van der Waals surface area contributed by atoms with Gasteiger partial charge < -0.3 is 4.90 Å². The number of aryl methyl sites for hydroxylation is 1. The number of carbonyl (C=O) groups is 2. The van der Waals surface area contributed by atoms with Gasteiger partial charge in [0.25, 0.3) is 11.8 Å². The molecular formula is C20H21N3O2. The van der Waals surface area contributed by atoms with Crippen molar-refractivity contribution < 1.29 is 9.59 Å². The van der Waals surface area contributed by atoms with Crippen LogP contribution in [0.5, 0.6) is 0 Å². The van der Waals surface area contributed by atoms with Gasteiger partial charge in [0, 0.05) is 19.3 Å². The maximum Gasteiger partial charge on any atom is 0.282 e. The molecule has 5 nitrogen and oxygen atoms in total. The standard InChI is InChI=1S/C20H21N3O2/c1-4-22(3)16-11-7-15(8-12-16)13-18-19(24)21-23(20(18)25)17-9-5-14(2)6-10-17/h5-13H,4H2,1-3H3,(H,21,24). The molecule has 0 radical (unpaired) electrons. The summed E-state index contributed by atoms with van der Waals surface area (Å²) in [5.41, 5.74) is 6.40. The van der Waals surface area contributed by atoms with Crippen molar-refractivity contribution in [2.75, 3.05) is 23.5 Å². The van der Waals surface area contributed by atoms with Gasteiger partial charge in [0.15, 0.2) is 0 Å². The van der Waals surface area contributed by atoms with Gasteiger partial charge in [0.1, 0.15) is 5.57 Å². The lowest BCUT2D eigenvalue weighted by Gasteiger charge is -2.16. The quantitative estimate of drug-likeness (QED) is 0.690. The highest BCUT2D eigenvalue weighted by molar-refractivity contribution is 6.31. The molecule has 1 N–H and O–H groups in total. The van der Waals surface area contributed by atoms with Gasteiger partial charge in [0.2, 0.25) is 0 Å². The summed E-state index contributed by atoms with van der Waals surface area (Å²) in [6.45, 7) is 4.96. The van der Waals surface area contributed by atoms with Crippen LogP contribution in [-0.2, 0) is 9.59 Å². The van der Waals surface area contributed by atoms with Crippen molar-refractivity contribution in [1.29, 1.82) is 0 Å². The SMILES string of the molecule is CCN(C)c1ccc(C=C2C(=O)NN(c3ccc(C)cc3)C2=O)cc1. The molecule has 5 heteroatoms. The van der Waals surface area contributed by atoms with E-state index in [1.807, 2.05) is 62.5 Å². The van der Waals surface area contributed by atoms with E-state index in [-0.39, 0.29) is 17.4 Å². The Bertz CT molecular complexity index is 823. The maximum atomic E-state index is 12.6. The van der Waals surface area contributed by atoms with Crippen LogP contribution >= 0.6 is 0 Å². The number of hydrazine groups is 1. The molecule has 25 heavy (non-hydrogen) atoms. The van der Waals surface area contributed by atoms with Crippen LogP contribution in [0.15, 0.2) is 54.1 Å². The Labute approximate surface area is 147 Å². The van der Waals surface area contributed by atoms with E-state index in [0.717, 1.165) is 23.4 Å². The highest BCUT2D eigenvalue weighted by atomic mass is 16.2. The van der Waals surface area contributed by atoms with E-state index in [9.17, 15) is 9.59 Å². The van der Waals surface area contributed by atoms with Gasteiger partial charge in [-0.2, -0.15) is 0 Å². The second-order valence-corrected chi connectivity index (χ2v) is 6.08. The summed E-state index contributed by atoms with van der Waals surface area (Å²) < 4.78 is 0. The second-order valence-electron chi connectivity index (χ2n) is 6.08. The van der Waals surface area contributed by atoms with Crippen LogP contribution in [-0.4, -0.2) is 25.4 Å². The third kappa shape index (κ3) is 3.40. The molecule has 0 aromatic heterocycles. The Morgan fingerprint density at radius 3 is 2.28 bits per heavy atom. The molecule has 0 atom stereocenters. The predicted molar refractivity (Wildman–Crippen MR) is 100 cm³/mol. The van der Waals surface area contributed by atoms with Gasteiger partial charge in [-0.25, -0.2) is 5.01 Å². The zero-order chi connectivity index (χ0) is 18.0. The number of nitrogens with zero attached hydrogens (tertiary/aromatic N) is 2. The maximum absolute atomic E-state index is 12.6. The highest BCUT2D eigenvalue weighted by Gasteiger charge is 2.34. The summed E-state index contributed by atoms with van der Waals surface area (Å²) in [6.07, 6.45) is 1.63. The van der Waals surface area contributed by atoms with Crippen LogP contribution in [0, 0.1) is 6.92 Å². The van der Waals surface area contributed by atoms with Crippen molar-refractivity contribution in [1.82, 2.24) is 5.43 Å². The van der Waals surface area contributed by atoms with Gasteiger partial charge in [-0.15, -0.1) is 0 Å². The molecule has 3 rings (SSSR count). The fourth-order valence-electron chi connectivity index (χ4n) is 2.61. The third-order valence-electron chi connectivity index (χ3n) is 4.30. The predicted octanol–water partition coefficient (Wildman–Crippen LogP) is 2.91. The Kier molecular flexibility index (Phi) is 4.57. The molecule has 128 valence electrons. The summed E-state index contributed by atoms with van der Waals surface area (Å²) in [4.78, 5) is 26.9. The van der Waals surface area contributed by atoms with E-state index in [0.29, 0.717) is 5.69 Å². The van der Waals surface area contributed by atoms with E-state index in [1.165, 1.54) is 5.01 Å². The molecule has 1 heterocycles. The number of hydrogen-bond donors (Lipinski definition) is 1. The van der Waals surface area contributed by atoms with E-state index >= 15 is 0 Å². The van der Waals surface area contributed by atoms with Gasteiger partial charge in [-0.05, 0) is 49.8 Å². The van der Waals surface area contributed by atoms with E-state index in [4.69, 9.17) is 0 Å². The number of rotatable bonds is 4. The first-order chi connectivity index (χ1) is 12.0. The molecule has 0 saturated carbocycles. The largest absolute Gasteiger partial charge is 0.375 e. The molecule has 1 fully saturated rings. The van der Waals surface area contributed by atoms with E-state index in [2.05, 4.69) is 17.2 Å². The summed E-state index contributed by atoms with van der Waals surface area (Å²) >= 11 is 0. The molecule has 1 aliphatic heterocycles. The smallest absolute Gasteiger partial charge is 0.282 e. The lowest BCUT2D eigenvalue weighted by molar-refractivity contribution is -0.117. The average Bonchev–Trinajstić information content (AvgIpc) is 2.90. The van der Waals surface area contributed by atoms with Crippen molar-refractivity contribution >= 4 is 29.3 Å². The Morgan fingerprint density at radius 2 is 1.68 bits per heavy atom. The van der Waals surface area contributed by atoms with Crippen molar-refractivity contribution in [2.24, 2.45) is 0 Å². The highest BCUT2D eigenvalue weighted by Crippen LogP contribution is 2.22. The first-order valence-electron chi connectivity index (χ1n) is 8.24. The molecule has 0 bridgehead atoms. The third-order valence-corrected chi connectivity index (χ3v) is 4.30. The van der Waals surface area contributed by atoms with Crippen molar-refractivity contribution in [3.8, 4) is 0 Å². The lowest BCUT2D eigenvalue weighted by Crippen LogP contribution is -2.35. The minimum absolute atomic E-state index is 0.136. The number of amides is 2. The molecule has 0 aliphatic carbocycles. The molecule has 1 saturated heterocycles. The van der Waals surface area contributed by atoms with Crippen LogP contribution in [0.2, 0.25) is 0 Å². The van der Waals surface area contributed by atoms with Gasteiger partial charge in [-0.3, -0.25) is 15.0 Å². The van der Waals surface area contributed by atoms with E-state index in [1.54, 1.807) is 6.08 Å². The monoisotopic (exact) mass is 335 g/mol. The van der Waals surface area contributed by atoms with Crippen LogP contribution in [0.3, 0.4) is 0 Å². The van der Waals surface area contributed by atoms with Gasteiger partial charge in [-0.1, -0.05) is 29.8 Å². The van der Waals surface area contributed by atoms with Gasteiger partial charge in [0.05, 0.1) is 5.69 Å². The fraction of sp³-hybridized carbons (Fsp3) is 0.200. The van der Waals surface area contributed by atoms with Crippen LogP contribution < -0.4 is 15.3 Å². The van der Waals surface area contributed by atoms with Crippen molar-refractivity contribution in [3.63, 3.8) is 0 Å². The lowest BCUT2D eigenvalue weighted by atomic mass is 10.1. The number of carbonyl (C=O) groups excluding carboxylic acids is 2. The van der Waals surface area contributed by atoms with Crippen molar-refractivity contribution in [3.05, 3.63) is 65.2 Å². The Hall–Kier alpha value is -3.08. The minimum Gasteiger partial charge on any atom is -0.375 e. The molecule has 1 aliphatic rings. The Morgan fingerprint density at radius 1 is 1.04 bits per heavy atom. The topological polar surface area (TPSA) is 52.7 Å². The summed E-state index contributed by atoms with van der Waals surface area (Å²) in [5.74, 6) is -0.732. The molecule has 0 unspecified atom stereocenters. The van der Waals surface area contributed by atoms with E-state index < -0.39 is 0 Å². The summed E-state index contributed by atoms with van der Waals surface area (Å²) in [6, 6.07) is 15.2. The van der Waals surface area contributed by atoms with Gasteiger partial charge >= 0.3 is 0 Å². The first-order valence-corrected chi connectivity index (χ1v) is 8.24. The zero-order valence-corrected chi connectivity index (χ0v) is 14.6. The molecule has 0 spiro atoms. The molecular weight excluding hydrogens is 314 g/mol. The number of benzene rings is 2. The number of anilines is 2. The first kappa shape index (κ1) is 16.8. The average molecular weight is 335 g/mol. The van der Waals surface area contributed by atoms with Crippen LogP contribution in [0.1, 0.15) is 18.1 Å². The molecule has 2 aromatic carbocycles. The summed E-state index contributed by atoms with van der Waals surface area (Å²) in [7, 11) is 2.01.